The van der Waals surface area contributed by atoms with Crippen molar-refractivity contribution in [1.82, 2.24) is 0 Å². The summed E-state index contributed by atoms with van der Waals surface area (Å²) in [6.45, 7) is 8.06. The molecule has 9 heteroatoms. The van der Waals surface area contributed by atoms with Crippen LogP contribution in [-0.4, -0.2) is 31.3 Å². The summed E-state index contributed by atoms with van der Waals surface area (Å²) in [4.78, 5) is 10.7. The molecule has 1 heterocycles. The van der Waals surface area contributed by atoms with E-state index in [4.69, 9.17) is 18.1 Å². The third-order valence-electron chi connectivity index (χ3n) is 2.43. The average Bonchev–Trinajstić information content (AvgIpc) is 2.90. The first kappa shape index (κ1) is 19.2. The molecule has 122 valence electrons. The third kappa shape index (κ3) is 4.57. The van der Waals surface area contributed by atoms with E-state index in [0.717, 1.165) is 0 Å². The fraction of sp³-hybridized carbons (Fsp3) is 0.667. The van der Waals surface area contributed by atoms with Crippen molar-refractivity contribution in [3.63, 3.8) is 0 Å². The van der Waals surface area contributed by atoms with Crippen molar-refractivity contribution < 1.29 is 27.6 Å². The van der Waals surface area contributed by atoms with Gasteiger partial charge in [-0.2, -0.15) is 13.9 Å². The minimum atomic E-state index is -3.49. The van der Waals surface area contributed by atoms with E-state index in [1.54, 1.807) is 38.5 Å². The van der Waals surface area contributed by atoms with Crippen LogP contribution >= 0.6 is 26.9 Å². The molecule has 1 aromatic heterocycles. The first-order chi connectivity index (χ1) is 9.97. The molecule has 0 unspecified atom stereocenters. The minimum absolute atomic E-state index is 0.243. The highest BCUT2D eigenvalue weighted by atomic mass is 32.1. The van der Waals surface area contributed by atoms with Crippen molar-refractivity contribution in [3.8, 4) is 0 Å². The van der Waals surface area contributed by atoms with Gasteiger partial charge in [0.05, 0.1) is 26.4 Å². The Hall–Kier alpha value is 0.160. The largest absolute Gasteiger partial charge is 0.447 e. The second-order valence-electron chi connectivity index (χ2n) is 3.83. The lowest BCUT2D eigenvalue weighted by Crippen LogP contribution is -2.29. The molecule has 0 saturated carbocycles. The van der Waals surface area contributed by atoms with Crippen LogP contribution in [0, 0.1) is 0 Å². The lowest BCUT2D eigenvalue weighted by Gasteiger charge is -2.20. The van der Waals surface area contributed by atoms with Crippen LogP contribution in [0.25, 0.3) is 0 Å². The molecule has 0 atom stereocenters. The maximum Gasteiger partial charge on any atom is 0.447 e. The van der Waals surface area contributed by atoms with E-state index in [1.807, 2.05) is 0 Å². The van der Waals surface area contributed by atoms with Gasteiger partial charge in [-0.1, -0.05) is 0 Å². The van der Waals surface area contributed by atoms with Crippen molar-refractivity contribution in [2.24, 2.45) is 0 Å². The molecule has 0 aromatic carbocycles. The molecule has 1 rings (SSSR count). The van der Waals surface area contributed by atoms with Gasteiger partial charge in [0, 0.05) is 10.8 Å². The summed E-state index contributed by atoms with van der Waals surface area (Å²) in [6, 6.07) is 0. The fourth-order valence-corrected chi connectivity index (χ4v) is 7.44. The molecule has 0 saturated heterocycles. The van der Waals surface area contributed by atoms with Crippen LogP contribution in [0.1, 0.15) is 27.7 Å². The summed E-state index contributed by atoms with van der Waals surface area (Å²) >= 11 is 1.30. The van der Waals surface area contributed by atoms with Crippen molar-refractivity contribution in [3.05, 3.63) is 10.8 Å². The average molecular weight is 357 g/mol. The van der Waals surface area contributed by atoms with Gasteiger partial charge in [0.1, 0.15) is 5.30 Å². The van der Waals surface area contributed by atoms with E-state index >= 15 is 0 Å². The Morgan fingerprint density at radius 1 is 1.05 bits per heavy atom. The summed E-state index contributed by atoms with van der Waals surface area (Å²) in [5.41, 5.74) is 0. The molecule has 0 radical (unpaired) electrons. The number of thiophene rings is 1. The Balaban J connectivity index is 3.27. The maximum atomic E-state index is 12.9. The molecule has 0 aliphatic rings. The number of hydrogen-bond acceptors (Lipinski definition) is 7. The smallest absolute Gasteiger partial charge is 0.305 e. The Bertz CT molecular complexity index is 462. The predicted molar refractivity (Wildman–Crippen MR) is 86.8 cm³/mol. The molecule has 0 aliphatic carbocycles. The van der Waals surface area contributed by atoms with E-state index in [-0.39, 0.29) is 26.4 Å². The van der Waals surface area contributed by atoms with Crippen LogP contribution in [-0.2, 0) is 22.7 Å². The van der Waals surface area contributed by atoms with Crippen LogP contribution in [0.2, 0.25) is 0 Å². The van der Waals surface area contributed by atoms with Crippen LogP contribution in [0.4, 0.5) is 0 Å². The number of hydrogen-bond donors (Lipinski definition) is 1. The first-order valence-corrected chi connectivity index (χ1v) is 10.9. The number of rotatable bonds is 10. The van der Waals surface area contributed by atoms with Crippen molar-refractivity contribution in [2.75, 3.05) is 26.4 Å². The molecule has 21 heavy (non-hydrogen) atoms. The van der Waals surface area contributed by atoms with Gasteiger partial charge >= 0.3 is 15.5 Å². The molecular weight excluding hydrogens is 334 g/mol. The maximum absolute atomic E-state index is 12.9. The highest BCUT2D eigenvalue weighted by molar-refractivity contribution is 7.73. The molecule has 0 spiro atoms. The monoisotopic (exact) mass is 357 g/mol. The van der Waals surface area contributed by atoms with Gasteiger partial charge in [-0.3, -0.25) is 4.57 Å². The zero-order valence-corrected chi connectivity index (χ0v) is 15.4. The van der Waals surface area contributed by atoms with Crippen LogP contribution < -0.4 is 10.6 Å². The van der Waals surface area contributed by atoms with E-state index < -0.39 is 15.5 Å². The molecule has 0 bridgehead atoms. The van der Waals surface area contributed by atoms with Gasteiger partial charge in [-0.15, -0.1) is 11.3 Å². The van der Waals surface area contributed by atoms with E-state index in [0.29, 0.717) is 10.6 Å². The Morgan fingerprint density at radius 2 is 1.57 bits per heavy atom. The van der Waals surface area contributed by atoms with Gasteiger partial charge in [0.2, 0.25) is 5.30 Å². The Kier molecular flexibility index (Phi) is 7.96. The molecule has 6 nitrogen and oxygen atoms in total. The topological polar surface area (TPSA) is 74.2 Å². The quantitative estimate of drug-likeness (QED) is 0.649. The van der Waals surface area contributed by atoms with Gasteiger partial charge in [0.25, 0.3) is 0 Å². The van der Waals surface area contributed by atoms with Gasteiger partial charge in [-0.25, -0.2) is 0 Å². The van der Waals surface area contributed by atoms with Crippen molar-refractivity contribution in [1.29, 1.82) is 0 Å². The van der Waals surface area contributed by atoms with Crippen molar-refractivity contribution in [2.45, 2.75) is 27.7 Å². The SMILES string of the molecule is CCOP(=O)(OCC)c1cscc1[P+](O)(OCC)OCC. The molecule has 0 aliphatic heterocycles. The molecule has 1 aromatic rings. The van der Waals surface area contributed by atoms with Crippen LogP contribution in [0.3, 0.4) is 0 Å². The van der Waals surface area contributed by atoms with Gasteiger partial charge < -0.3 is 9.05 Å². The zero-order chi connectivity index (χ0) is 15.9. The Morgan fingerprint density at radius 3 is 2.00 bits per heavy atom. The molecule has 0 amide bonds. The highest BCUT2D eigenvalue weighted by Crippen LogP contribution is 2.58. The van der Waals surface area contributed by atoms with E-state index in [2.05, 4.69) is 0 Å². The lowest BCUT2D eigenvalue weighted by molar-refractivity contribution is 0.200. The normalized spacial score (nSPS) is 12.8. The van der Waals surface area contributed by atoms with Crippen LogP contribution in [0.5, 0.6) is 0 Å². The lowest BCUT2D eigenvalue weighted by atomic mass is 10.7. The summed E-state index contributed by atoms with van der Waals surface area (Å²) in [6.07, 6.45) is 0. The first-order valence-electron chi connectivity index (χ1n) is 6.84. The van der Waals surface area contributed by atoms with Crippen LogP contribution in [0.15, 0.2) is 10.8 Å². The zero-order valence-electron chi connectivity index (χ0n) is 12.8. The highest BCUT2D eigenvalue weighted by Gasteiger charge is 2.50. The van der Waals surface area contributed by atoms with Gasteiger partial charge in [0.15, 0.2) is 0 Å². The van der Waals surface area contributed by atoms with Gasteiger partial charge in [-0.05, 0) is 27.7 Å². The van der Waals surface area contributed by atoms with E-state index in [1.165, 1.54) is 11.3 Å². The summed E-state index contributed by atoms with van der Waals surface area (Å²) in [5.74, 6) is 0. The minimum Gasteiger partial charge on any atom is -0.305 e. The Labute approximate surface area is 130 Å². The standard InChI is InChI=1S/C12H23O6P2S/c1-5-15-19(13,16-6-2)11-9-21-10-12(11)20(14,17-7-3)18-8-4/h9-10,13H,5-8H2,1-4H3/q+1. The predicted octanol–water partition coefficient (Wildman–Crippen LogP) is 3.09. The molecular formula is C12H23O6P2S+. The second kappa shape index (κ2) is 8.70. The third-order valence-corrected chi connectivity index (χ3v) is 8.05. The summed E-state index contributed by atoms with van der Waals surface area (Å²) in [7, 11) is -6.76. The van der Waals surface area contributed by atoms with E-state index in [9.17, 15) is 9.46 Å². The fourth-order valence-electron chi connectivity index (χ4n) is 1.74. The van der Waals surface area contributed by atoms with Crippen molar-refractivity contribution >= 4 is 37.5 Å². The summed E-state index contributed by atoms with van der Waals surface area (Å²) in [5, 5.41) is 4.04. The molecule has 1 N–H and O–H groups in total. The molecule has 0 fully saturated rings. The summed E-state index contributed by atoms with van der Waals surface area (Å²) < 4.78 is 34.4. The second-order valence-corrected chi connectivity index (χ2v) is 8.61.